The number of aryl methyl sites for hydroxylation is 1. The third kappa shape index (κ3) is 5.85. The minimum absolute atomic E-state index is 0.152. The molecule has 1 aromatic rings. The first-order chi connectivity index (χ1) is 9.91. The van der Waals surface area contributed by atoms with Crippen LogP contribution in [-0.4, -0.2) is 41.6 Å². The van der Waals surface area contributed by atoms with E-state index in [0.29, 0.717) is 19.4 Å². The molecule has 1 amide bonds. The maximum atomic E-state index is 11.8. The number of carbonyl (C=O) groups excluding carboxylic acids is 1. The van der Waals surface area contributed by atoms with Crippen molar-refractivity contribution in [3.63, 3.8) is 0 Å². The highest BCUT2D eigenvalue weighted by atomic mass is 16.5. The topological polar surface area (TPSA) is 66.8 Å². The Bertz CT molecular complexity index is 487. The molecule has 0 radical (unpaired) electrons. The molecule has 1 rings (SSSR count). The number of amides is 1. The second-order valence-corrected chi connectivity index (χ2v) is 5.14. The quantitative estimate of drug-likeness (QED) is 0.748. The molecule has 5 heteroatoms. The third-order valence-electron chi connectivity index (χ3n) is 3.37. The number of carbonyl (C=O) groups is 2. The number of likely N-dealkylation sites (N-methyl/N-ethyl adjacent to an activating group) is 1. The smallest absolute Gasteiger partial charge is 0.326 e. The van der Waals surface area contributed by atoms with Crippen LogP contribution in [0, 0.1) is 6.92 Å². The van der Waals surface area contributed by atoms with Gasteiger partial charge in [0.05, 0.1) is 6.61 Å². The summed E-state index contributed by atoms with van der Waals surface area (Å²) in [5.41, 5.74) is 1.15. The molecule has 116 valence electrons. The van der Waals surface area contributed by atoms with Crippen molar-refractivity contribution in [1.82, 2.24) is 4.90 Å². The summed E-state index contributed by atoms with van der Waals surface area (Å²) in [6.07, 6.45) is 1.78. The van der Waals surface area contributed by atoms with Gasteiger partial charge in [0, 0.05) is 13.5 Å². The van der Waals surface area contributed by atoms with Crippen LogP contribution in [0.5, 0.6) is 5.75 Å². The lowest BCUT2D eigenvalue weighted by Gasteiger charge is -2.21. The van der Waals surface area contributed by atoms with E-state index in [0.717, 1.165) is 17.7 Å². The number of ether oxygens (including phenoxy) is 1. The van der Waals surface area contributed by atoms with Crippen LogP contribution in [0.25, 0.3) is 0 Å². The second-order valence-electron chi connectivity index (χ2n) is 5.14. The largest absolute Gasteiger partial charge is 0.494 e. The monoisotopic (exact) mass is 293 g/mol. The lowest BCUT2D eigenvalue weighted by molar-refractivity contribution is -0.148. The average Bonchev–Trinajstić information content (AvgIpc) is 2.45. The number of aliphatic carboxylic acids is 1. The van der Waals surface area contributed by atoms with Crippen LogP contribution in [-0.2, 0) is 9.59 Å². The zero-order chi connectivity index (χ0) is 15.8. The van der Waals surface area contributed by atoms with Gasteiger partial charge in [-0.15, -0.1) is 0 Å². The van der Waals surface area contributed by atoms with Gasteiger partial charge in [-0.05, 0) is 44.4 Å². The standard InChI is InChI=1S/C16H23NO4/c1-12-7-6-8-14(11-12)21-10-5-4-9-15(18)17(3)13(2)16(19)20/h6-8,11,13H,4-5,9-10H2,1-3H3,(H,19,20). The van der Waals surface area contributed by atoms with Crippen molar-refractivity contribution in [2.45, 2.75) is 39.2 Å². The predicted molar refractivity (Wildman–Crippen MR) is 80.4 cm³/mol. The fraction of sp³-hybridized carbons (Fsp3) is 0.500. The van der Waals surface area contributed by atoms with E-state index in [4.69, 9.17) is 9.84 Å². The Morgan fingerprint density at radius 2 is 2.05 bits per heavy atom. The summed E-state index contributed by atoms with van der Waals surface area (Å²) >= 11 is 0. The Morgan fingerprint density at radius 3 is 2.67 bits per heavy atom. The zero-order valence-corrected chi connectivity index (χ0v) is 12.8. The van der Waals surface area contributed by atoms with Gasteiger partial charge in [0.1, 0.15) is 11.8 Å². The lowest BCUT2D eigenvalue weighted by atomic mass is 10.2. The minimum atomic E-state index is -0.992. The van der Waals surface area contributed by atoms with Gasteiger partial charge >= 0.3 is 5.97 Å². The number of rotatable bonds is 8. The van der Waals surface area contributed by atoms with Crippen LogP contribution in [0.4, 0.5) is 0 Å². The van der Waals surface area contributed by atoms with Gasteiger partial charge in [-0.2, -0.15) is 0 Å². The van der Waals surface area contributed by atoms with E-state index in [1.54, 1.807) is 0 Å². The molecule has 0 saturated carbocycles. The molecular weight excluding hydrogens is 270 g/mol. The molecule has 1 atom stereocenters. The first-order valence-electron chi connectivity index (χ1n) is 7.09. The Hall–Kier alpha value is -2.04. The third-order valence-corrected chi connectivity index (χ3v) is 3.37. The van der Waals surface area contributed by atoms with Crippen LogP contribution in [0.2, 0.25) is 0 Å². The maximum Gasteiger partial charge on any atom is 0.326 e. The van der Waals surface area contributed by atoms with Crippen molar-refractivity contribution >= 4 is 11.9 Å². The number of benzene rings is 1. The van der Waals surface area contributed by atoms with Crippen LogP contribution in [0.15, 0.2) is 24.3 Å². The van der Waals surface area contributed by atoms with Crippen molar-refractivity contribution in [2.75, 3.05) is 13.7 Å². The zero-order valence-electron chi connectivity index (χ0n) is 12.8. The number of nitrogens with zero attached hydrogens (tertiary/aromatic N) is 1. The van der Waals surface area contributed by atoms with E-state index < -0.39 is 12.0 Å². The van der Waals surface area contributed by atoms with E-state index in [1.807, 2.05) is 31.2 Å². The van der Waals surface area contributed by atoms with Crippen LogP contribution in [0.1, 0.15) is 31.7 Å². The van der Waals surface area contributed by atoms with Crippen molar-refractivity contribution in [2.24, 2.45) is 0 Å². The van der Waals surface area contributed by atoms with Crippen molar-refractivity contribution in [3.8, 4) is 5.75 Å². The minimum Gasteiger partial charge on any atom is -0.494 e. The average molecular weight is 293 g/mol. The Balaban J connectivity index is 2.22. The van der Waals surface area contributed by atoms with E-state index in [2.05, 4.69) is 0 Å². The molecule has 0 aliphatic carbocycles. The predicted octanol–water partition coefficient (Wildman–Crippen LogP) is 2.48. The van der Waals surface area contributed by atoms with Gasteiger partial charge in [-0.25, -0.2) is 4.79 Å². The van der Waals surface area contributed by atoms with Crippen LogP contribution < -0.4 is 4.74 Å². The maximum absolute atomic E-state index is 11.8. The molecular formula is C16H23NO4. The van der Waals surface area contributed by atoms with Crippen molar-refractivity contribution < 1.29 is 19.4 Å². The molecule has 0 fully saturated rings. The molecule has 0 heterocycles. The number of carboxylic acids is 1. The van der Waals surface area contributed by atoms with E-state index >= 15 is 0 Å². The number of unbranched alkanes of at least 4 members (excludes halogenated alkanes) is 1. The molecule has 0 saturated heterocycles. The molecule has 0 spiro atoms. The number of hydrogen-bond acceptors (Lipinski definition) is 3. The molecule has 1 unspecified atom stereocenters. The molecule has 0 aromatic heterocycles. The van der Waals surface area contributed by atoms with Gasteiger partial charge in [0.25, 0.3) is 0 Å². The highest BCUT2D eigenvalue weighted by molar-refractivity contribution is 5.83. The highest BCUT2D eigenvalue weighted by Gasteiger charge is 2.20. The van der Waals surface area contributed by atoms with Gasteiger partial charge < -0.3 is 14.7 Å². The summed E-state index contributed by atoms with van der Waals surface area (Å²) in [6.45, 7) is 4.06. The van der Waals surface area contributed by atoms with E-state index in [-0.39, 0.29) is 5.91 Å². The lowest BCUT2D eigenvalue weighted by Crippen LogP contribution is -2.40. The summed E-state index contributed by atoms with van der Waals surface area (Å²) < 4.78 is 5.60. The van der Waals surface area contributed by atoms with E-state index in [9.17, 15) is 9.59 Å². The first-order valence-corrected chi connectivity index (χ1v) is 7.09. The van der Waals surface area contributed by atoms with Crippen LogP contribution in [0.3, 0.4) is 0 Å². The number of carboxylic acid groups (broad SMARTS) is 1. The fourth-order valence-corrected chi connectivity index (χ4v) is 1.83. The van der Waals surface area contributed by atoms with Crippen molar-refractivity contribution in [3.05, 3.63) is 29.8 Å². The summed E-state index contributed by atoms with van der Waals surface area (Å²) in [4.78, 5) is 23.8. The second kappa shape index (κ2) is 8.29. The van der Waals surface area contributed by atoms with Crippen molar-refractivity contribution in [1.29, 1.82) is 0 Å². The summed E-state index contributed by atoms with van der Waals surface area (Å²) in [6, 6.07) is 7.02. The molecule has 5 nitrogen and oxygen atoms in total. The summed E-state index contributed by atoms with van der Waals surface area (Å²) in [5, 5.41) is 8.85. The Kier molecular flexibility index (Phi) is 6.72. The van der Waals surface area contributed by atoms with Gasteiger partial charge in [0.2, 0.25) is 5.91 Å². The normalized spacial score (nSPS) is 11.8. The number of hydrogen-bond donors (Lipinski definition) is 1. The SMILES string of the molecule is Cc1cccc(OCCCCC(=O)N(C)C(C)C(=O)O)c1. The molecule has 1 N–H and O–H groups in total. The van der Waals surface area contributed by atoms with Crippen LogP contribution >= 0.6 is 0 Å². The molecule has 0 bridgehead atoms. The fourth-order valence-electron chi connectivity index (χ4n) is 1.83. The molecule has 0 aliphatic heterocycles. The Labute approximate surface area is 125 Å². The van der Waals surface area contributed by atoms with Gasteiger partial charge in [-0.3, -0.25) is 4.79 Å². The van der Waals surface area contributed by atoms with Gasteiger partial charge in [-0.1, -0.05) is 12.1 Å². The van der Waals surface area contributed by atoms with E-state index in [1.165, 1.54) is 18.9 Å². The first kappa shape index (κ1) is 17.0. The van der Waals surface area contributed by atoms with Gasteiger partial charge in [0.15, 0.2) is 0 Å². The summed E-state index contributed by atoms with van der Waals surface area (Å²) in [5.74, 6) is -0.313. The highest BCUT2D eigenvalue weighted by Crippen LogP contribution is 2.13. The molecule has 21 heavy (non-hydrogen) atoms. The summed E-state index contributed by atoms with van der Waals surface area (Å²) in [7, 11) is 1.52. The molecule has 0 aliphatic rings. The molecule has 1 aromatic carbocycles. The Morgan fingerprint density at radius 1 is 1.33 bits per heavy atom.